The lowest BCUT2D eigenvalue weighted by Crippen LogP contribution is -2.39. The predicted molar refractivity (Wildman–Crippen MR) is 92.3 cm³/mol. The first kappa shape index (κ1) is 16.2. The Hall–Kier alpha value is -2.69. The summed E-state index contributed by atoms with van der Waals surface area (Å²) in [6, 6.07) is 11.4. The van der Waals surface area contributed by atoms with Crippen molar-refractivity contribution in [2.75, 3.05) is 5.32 Å². The molecule has 2 N–H and O–H groups in total. The van der Waals surface area contributed by atoms with Crippen LogP contribution in [0.1, 0.15) is 29.7 Å². The number of nitrogens with zero attached hydrogens (tertiary/aromatic N) is 1. The minimum atomic E-state index is -0.938. The highest BCUT2D eigenvalue weighted by Gasteiger charge is 2.56. The van der Waals surface area contributed by atoms with Crippen LogP contribution in [0.2, 0.25) is 0 Å². The van der Waals surface area contributed by atoms with Crippen LogP contribution in [0.5, 0.6) is 0 Å². The molecule has 1 heterocycles. The van der Waals surface area contributed by atoms with Crippen LogP contribution in [-0.4, -0.2) is 16.8 Å². The molecular formula is C19H21N3O2. The minimum absolute atomic E-state index is 0.227. The molecule has 2 amide bonds. The number of pyridine rings is 1. The highest BCUT2D eigenvalue weighted by atomic mass is 16.2. The average molecular weight is 323 g/mol. The van der Waals surface area contributed by atoms with Gasteiger partial charge in [0.1, 0.15) is 5.41 Å². The molecule has 2 aromatic rings. The molecule has 0 unspecified atom stereocenters. The van der Waals surface area contributed by atoms with Crippen molar-refractivity contribution in [3.63, 3.8) is 0 Å². The molecule has 1 aromatic heterocycles. The maximum Gasteiger partial charge on any atom is 0.240 e. The Morgan fingerprint density at radius 1 is 1.08 bits per heavy atom. The van der Waals surface area contributed by atoms with Crippen molar-refractivity contribution in [2.45, 2.75) is 33.2 Å². The number of aromatic nitrogens is 1. The standard InChI is InChI=1S/C19H21N3O2/c1-13-9-14(2)11-16(10-13)22-18(24)19(6-7-19)17(23)21-12-15-5-3-4-8-20-15/h3-5,8-11H,6-7,12H2,1-2H3,(H,21,23)(H,22,24). The second-order valence-corrected chi connectivity index (χ2v) is 6.42. The van der Waals surface area contributed by atoms with Crippen LogP contribution in [0.4, 0.5) is 5.69 Å². The zero-order valence-corrected chi connectivity index (χ0v) is 13.9. The van der Waals surface area contributed by atoms with Crippen LogP contribution in [-0.2, 0) is 16.1 Å². The largest absolute Gasteiger partial charge is 0.350 e. The van der Waals surface area contributed by atoms with Crippen LogP contribution in [0.3, 0.4) is 0 Å². The normalized spacial score (nSPS) is 14.8. The first-order valence-electron chi connectivity index (χ1n) is 8.07. The van der Waals surface area contributed by atoms with E-state index in [1.54, 1.807) is 6.20 Å². The summed E-state index contributed by atoms with van der Waals surface area (Å²) in [7, 11) is 0. The van der Waals surface area contributed by atoms with E-state index in [0.29, 0.717) is 19.4 Å². The van der Waals surface area contributed by atoms with Crippen LogP contribution in [0.25, 0.3) is 0 Å². The molecule has 0 radical (unpaired) electrons. The fourth-order valence-electron chi connectivity index (χ4n) is 2.82. The van der Waals surface area contributed by atoms with E-state index in [4.69, 9.17) is 0 Å². The number of hydrogen-bond acceptors (Lipinski definition) is 3. The number of anilines is 1. The van der Waals surface area contributed by atoms with Gasteiger partial charge in [-0.3, -0.25) is 14.6 Å². The monoisotopic (exact) mass is 323 g/mol. The van der Waals surface area contributed by atoms with Crippen molar-refractivity contribution < 1.29 is 9.59 Å². The van der Waals surface area contributed by atoms with E-state index < -0.39 is 5.41 Å². The molecule has 0 bridgehead atoms. The first-order valence-corrected chi connectivity index (χ1v) is 8.07. The number of benzene rings is 1. The number of carbonyl (C=O) groups excluding carboxylic acids is 2. The molecule has 124 valence electrons. The lowest BCUT2D eigenvalue weighted by molar-refractivity contribution is -0.134. The van der Waals surface area contributed by atoms with Crippen molar-refractivity contribution >= 4 is 17.5 Å². The highest BCUT2D eigenvalue weighted by Crippen LogP contribution is 2.47. The Morgan fingerprint density at radius 2 is 1.79 bits per heavy atom. The Bertz CT molecular complexity index is 747. The third-order valence-electron chi connectivity index (χ3n) is 4.26. The van der Waals surface area contributed by atoms with Gasteiger partial charge in [0.2, 0.25) is 11.8 Å². The summed E-state index contributed by atoms with van der Waals surface area (Å²) in [4.78, 5) is 29.2. The van der Waals surface area contributed by atoms with E-state index in [9.17, 15) is 9.59 Å². The molecule has 24 heavy (non-hydrogen) atoms. The van der Waals surface area contributed by atoms with Crippen LogP contribution < -0.4 is 10.6 Å². The maximum atomic E-state index is 12.6. The van der Waals surface area contributed by atoms with E-state index in [2.05, 4.69) is 15.6 Å². The number of aryl methyl sites for hydroxylation is 2. The third kappa shape index (κ3) is 3.45. The van der Waals surface area contributed by atoms with Gasteiger partial charge < -0.3 is 10.6 Å². The Balaban J connectivity index is 1.64. The van der Waals surface area contributed by atoms with E-state index >= 15 is 0 Å². The number of nitrogens with one attached hydrogen (secondary N) is 2. The number of rotatable bonds is 5. The quantitative estimate of drug-likeness (QED) is 0.831. The fraction of sp³-hybridized carbons (Fsp3) is 0.316. The molecular weight excluding hydrogens is 302 g/mol. The van der Waals surface area contributed by atoms with Gasteiger partial charge in [-0.1, -0.05) is 12.1 Å². The summed E-state index contributed by atoms with van der Waals surface area (Å²) in [5, 5.41) is 5.72. The number of hydrogen-bond donors (Lipinski definition) is 2. The lowest BCUT2D eigenvalue weighted by Gasteiger charge is -2.16. The summed E-state index contributed by atoms with van der Waals surface area (Å²) >= 11 is 0. The summed E-state index contributed by atoms with van der Waals surface area (Å²) < 4.78 is 0. The van der Waals surface area contributed by atoms with Crippen molar-refractivity contribution in [1.29, 1.82) is 0 Å². The fourth-order valence-corrected chi connectivity index (χ4v) is 2.82. The van der Waals surface area contributed by atoms with Crippen molar-refractivity contribution in [3.8, 4) is 0 Å². The van der Waals surface area contributed by atoms with Gasteiger partial charge >= 0.3 is 0 Å². The average Bonchev–Trinajstić information content (AvgIpc) is 3.34. The van der Waals surface area contributed by atoms with Gasteiger partial charge in [-0.2, -0.15) is 0 Å². The molecule has 5 heteroatoms. The second kappa shape index (κ2) is 6.43. The van der Waals surface area contributed by atoms with E-state index in [-0.39, 0.29) is 11.8 Å². The molecule has 1 aromatic carbocycles. The van der Waals surface area contributed by atoms with Crippen molar-refractivity contribution in [3.05, 3.63) is 59.4 Å². The SMILES string of the molecule is Cc1cc(C)cc(NC(=O)C2(C(=O)NCc3ccccn3)CC2)c1. The Kier molecular flexibility index (Phi) is 4.34. The van der Waals surface area contributed by atoms with Gasteiger partial charge in [-0.15, -0.1) is 0 Å². The van der Waals surface area contributed by atoms with Gasteiger partial charge in [0.15, 0.2) is 0 Å². The minimum Gasteiger partial charge on any atom is -0.350 e. The van der Waals surface area contributed by atoms with E-state index in [1.807, 2.05) is 50.2 Å². The van der Waals surface area contributed by atoms with Crippen LogP contribution >= 0.6 is 0 Å². The molecule has 0 saturated heterocycles. The Morgan fingerprint density at radius 3 is 2.38 bits per heavy atom. The summed E-state index contributed by atoms with van der Waals surface area (Å²) in [5.41, 5.74) is 2.73. The molecule has 0 spiro atoms. The molecule has 3 rings (SSSR count). The predicted octanol–water partition coefficient (Wildman–Crippen LogP) is 2.73. The van der Waals surface area contributed by atoms with E-state index in [1.165, 1.54) is 0 Å². The van der Waals surface area contributed by atoms with Crippen molar-refractivity contribution in [1.82, 2.24) is 10.3 Å². The third-order valence-corrected chi connectivity index (χ3v) is 4.26. The number of amides is 2. The molecule has 0 aliphatic heterocycles. The summed E-state index contributed by atoms with van der Waals surface area (Å²) in [5.74, 6) is -0.457. The van der Waals surface area contributed by atoms with Crippen LogP contribution in [0.15, 0.2) is 42.6 Å². The Labute approximate surface area is 141 Å². The topological polar surface area (TPSA) is 71.1 Å². The molecule has 1 saturated carbocycles. The summed E-state index contributed by atoms with van der Waals surface area (Å²) in [6.45, 7) is 4.29. The van der Waals surface area contributed by atoms with Gasteiger partial charge in [0.25, 0.3) is 0 Å². The highest BCUT2D eigenvalue weighted by molar-refractivity contribution is 6.13. The molecule has 1 aliphatic rings. The molecule has 1 aliphatic carbocycles. The molecule has 1 fully saturated rings. The van der Waals surface area contributed by atoms with Gasteiger partial charge in [-0.05, 0) is 62.1 Å². The maximum absolute atomic E-state index is 12.6. The zero-order valence-electron chi connectivity index (χ0n) is 13.9. The lowest BCUT2D eigenvalue weighted by atomic mass is 10.0. The van der Waals surface area contributed by atoms with Gasteiger partial charge in [0, 0.05) is 11.9 Å². The molecule has 0 atom stereocenters. The van der Waals surface area contributed by atoms with Gasteiger partial charge in [0.05, 0.1) is 12.2 Å². The van der Waals surface area contributed by atoms with Crippen LogP contribution in [0, 0.1) is 19.3 Å². The first-order chi connectivity index (χ1) is 11.5. The second-order valence-electron chi connectivity index (χ2n) is 6.42. The number of carbonyl (C=O) groups is 2. The smallest absolute Gasteiger partial charge is 0.240 e. The van der Waals surface area contributed by atoms with Crippen molar-refractivity contribution in [2.24, 2.45) is 5.41 Å². The zero-order chi connectivity index (χ0) is 17.2. The van der Waals surface area contributed by atoms with Gasteiger partial charge in [-0.25, -0.2) is 0 Å². The molecule has 5 nitrogen and oxygen atoms in total. The van der Waals surface area contributed by atoms with E-state index in [0.717, 1.165) is 22.5 Å². The summed E-state index contributed by atoms with van der Waals surface area (Å²) in [6.07, 6.45) is 2.84.